The third kappa shape index (κ3) is 2.69. The Bertz CT molecular complexity index is 476. The van der Waals surface area contributed by atoms with E-state index < -0.39 is 12.8 Å². The van der Waals surface area contributed by atoms with Crippen LogP contribution in [0.25, 0.3) is 0 Å². The van der Waals surface area contributed by atoms with Gasteiger partial charge in [0, 0.05) is 6.42 Å². The number of hydrogen-bond donors (Lipinski definition) is 0. The summed E-state index contributed by atoms with van der Waals surface area (Å²) in [5.41, 5.74) is 2.27. The lowest BCUT2D eigenvalue weighted by molar-refractivity contribution is 0.0721. The van der Waals surface area contributed by atoms with Gasteiger partial charge in [-0.15, -0.1) is 0 Å². The SMILES string of the molecule is Cc1cccc([C@H]2CCOP(=O)(C(C)(C)C)O2)c1. The highest BCUT2D eigenvalue weighted by atomic mass is 31.2. The maximum Gasteiger partial charge on any atom is 0.336 e. The first kappa shape index (κ1) is 13.8. The fraction of sp³-hybridized carbons (Fsp3) is 0.571. The Morgan fingerprint density at radius 3 is 2.67 bits per heavy atom. The molecule has 0 bridgehead atoms. The topological polar surface area (TPSA) is 35.5 Å². The van der Waals surface area contributed by atoms with Crippen LogP contribution in [0.1, 0.15) is 44.4 Å². The Kier molecular flexibility index (Phi) is 3.68. The van der Waals surface area contributed by atoms with Gasteiger partial charge < -0.3 is 4.52 Å². The zero-order valence-corrected chi connectivity index (χ0v) is 12.4. The van der Waals surface area contributed by atoms with Gasteiger partial charge in [-0.25, -0.2) is 0 Å². The molecule has 1 saturated heterocycles. The van der Waals surface area contributed by atoms with E-state index in [2.05, 4.69) is 6.07 Å². The molecule has 1 aromatic rings. The molecule has 1 aliphatic heterocycles. The molecule has 100 valence electrons. The lowest BCUT2D eigenvalue weighted by Gasteiger charge is -2.37. The van der Waals surface area contributed by atoms with E-state index in [0.29, 0.717) is 6.61 Å². The summed E-state index contributed by atoms with van der Waals surface area (Å²) in [6, 6.07) is 8.16. The van der Waals surface area contributed by atoms with Crippen molar-refractivity contribution in [2.45, 2.75) is 45.4 Å². The summed E-state index contributed by atoms with van der Waals surface area (Å²) in [5, 5.41) is -0.477. The molecule has 0 aliphatic carbocycles. The van der Waals surface area contributed by atoms with Crippen molar-refractivity contribution in [3.05, 3.63) is 35.4 Å². The average Bonchev–Trinajstić information content (AvgIpc) is 2.27. The van der Waals surface area contributed by atoms with Crippen molar-refractivity contribution in [2.75, 3.05) is 6.61 Å². The van der Waals surface area contributed by atoms with Gasteiger partial charge in [-0.1, -0.05) is 29.8 Å². The van der Waals surface area contributed by atoms with E-state index in [1.807, 2.05) is 45.9 Å². The van der Waals surface area contributed by atoms with Crippen LogP contribution in [0.3, 0.4) is 0 Å². The second kappa shape index (κ2) is 4.80. The molecule has 4 heteroatoms. The van der Waals surface area contributed by atoms with Crippen molar-refractivity contribution in [1.82, 2.24) is 0 Å². The van der Waals surface area contributed by atoms with Crippen LogP contribution < -0.4 is 0 Å². The molecule has 0 saturated carbocycles. The van der Waals surface area contributed by atoms with E-state index in [1.54, 1.807) is 0 Å². The van der Waals surface area contributed by atoms with Crippen molar-refractivity contribution in [1.29, 1.82) is 0 Å². The van der Waals surface area contributed by atoms with Crippen LogP contribution in [0.2, 0.25) is 0 Å². The van der Waals surface area contributed by atoms with Gasteiger partial charge in [0.2, 0.25) is 0 Å². The van der Waals surface area contributed by atoms with Crippen molar-refractivity contribution >= 4 is 7.60 Å². The second-order valence-electron chi connectivity index (χ2n) is 5.80. The molecule has 18 heavy (non-hydrogen) atoms. The molecule has 0 spiro atoms. The summed E-state index contributed by atoms with van der Waals surface area (Å²) in [6.45, 7) is 8.23. The third-order valence-electron chi connectivity index (χ3n) is 3.14. The van der Waals surface area contributed by atoms with E-state index in [0.717, 1.165) is 12.0 Å². The quantitative estimate of drug-likeness (QED) is 0.705. The second-order valence-corrected chi connectivity index (χ2v) is 8.60. The Morgan fingerprint density at radius 1 is 1.33 bits per heavy atom. The maximum absolute atomic E-state index is 12.7. The molecular weight excluding hydrogens is 247 g/mol. The Hall–Kier alpha value is -0.630. The van der Waals surface area contributed by atoms with Crippen molar-refractivity contribution < 1.29 is 13.6 Å². The largest absolute Gasteiger partial charge is 0.336 e. The van der Waals surface area contributed by atoms with Crippen LogP contribution in [-0.2, 0) is 13.6 Å². The molecule has 3 nitrogen and oxygen atoms in total. The van der Waals surface area contributed by atoms with E-state index >= 15 is 0 Å². The van der Waals surface area contributed by atoms with Gasteiger partial charge >= 0.3 is 7.60 Å². The van der Waals surface area contributed by atoms with E-state index in [9.17, 15) is 4.57 Å². The van der Waals surface area contributed by atoms with Gasteiger partial charge in [-0.3, -0.25) is 9.09 Å². The molecule has 2 rings (SSSR count). The minimum absolute atomic E-state index is 0.122. The fourth-order valence-electron chi connectivity index (χ4n) is 1.98. The molecule has 0 radical (unpaired) electrons. The highest BCUT2D eigenvalue weighted by molar-refractivity contribution is 7.55. The van der Waals surface area contributed by atoms with Gasteiger partial charge in [0.1, 0.15) is 0 Å². The van der Waals surface area contributed by atoms with Crippen LogP contribution in [0, 0.1) is 6.92 Å². The highest BCUT2D eigenvalue weighted by Gasteiger charge is 2.44. The van der Waals surface area contributed by atoms with Gasteiger partial charge in [0.05, 0.1) is 17.9 Å². The molecule has 0 aromatic heterocycles. The molecule has 1 fully saturated rings. The van der Waals surface area contributed by atoms with Crippen molar-refractivity contribution in [3.63, 3.8) is 0 Å². The number of benzene rings is 1. The molecule has 1 heterocycles. The number of aryl methyl sites for hydroxylation is 1. The molecule has 1 aliphatic rings. The molecule has 0 amide bonds. The van der Waals surface area contributed by atoms with Gasteiger partial charge in [-0.05, 0) is 33.3 Å². The predicted octanol–water partition coefficient (Wildman–Crippen LogP) is 4.46. The highest BCUT2D eigenvalue weighted by Crippen LogP contribution is 2.64. The number of rotatable bonds is 1. The molecule has 0 N–H and O–H groups in total. The molecule has 1 aromatic carbocycles. The monoisotopic (exact) mass is 268 g/mol. The standard InChI is InChI=1S/C14H21O3P/c1-11-6-5-7-12(10-11)13-8-9-16-18(15,17-13)14(2,3)4/h5-7,10,13H,8-9H2,1-4H3/t13-,18?/m1/s1. The van der Waals surface area contributed by atoms with Crippen molar-refractivity contribution in [2.24, 2.45) is 0 Å². The molecular formula is C14H21O3P. The summed E-state index contributed by atoms with van der Waals surface area (Å²) in [6.07, 6.45) is 0.632. The lowest BCUT2D eigenvalue weighted by Crippen LogP contribution is -2.25. The maximum atomic E-state index is 12.7. The van der Waals surface area contributed by atoms with Gasteiger partial charge in [0.15, 0.2) is 0 Å². The minimum Gasteiger partial charge on any atom is -0.308 e. The van der Waals surface area contributed by atoms with E-state index in [4.69, 9.17) is 9.05 Å². The predicted molar refractivity (Wildman–Crippen MR) is 72.9 cm³/mol. The summed E-state index contributed by atoms with van der Waals surface area (Å²) in [4.78, 5) is 0. The third-order valence-corrected chi connectivity index (χ3v) is 5.84. The van der Waals surface area contributed by atoms with E-state index in [1.165, 1.54) is 5.56 Å². The average molecular weight is 268 g/mol. The first-order valence-corrected chi connectivity index (χ1v) is 7.86. The van der Waals surface area contributed by atoms with Crippen molar-refractivity contribution in [3.8, 4) is 0 Å². The summed E-state index contributed by atoms with van der Waals surface area (Å²) < 4.78 is 23.9. The zero-order valence-electron chi connectivity index (χ0n) is 11.5. The van der Waals surface area contributed by atoms with Gasteiger partial charge in [0.25, 0.3) is 0 Å². The molecule has 2 atom stereocenters. The first-order valence-electron chi connectivity index (χ1n) is 6.31. The van der Waals surface area contributed by atoms with Crippen LogP contribution >= 0.6 is 7.60 Å². The lowest BCUT2D eigenvalue weighted by atomic mass is 10.0. The Balaban J connectivity index is 2.25. The van der Waals surface area contributed by atoms with Crippen LogP contribution in [0.15, 0.2) is 24.3 Å². The van der Waals surface area contributed by atoms with Crippen LogP contribution in [-0.4, -0.2) is 11.8 Å². The van der Waals surface area contributed by atoms with E-state index in [-0.39, 0.29) is 6.10 Å². The normalized spacial score (nSPS) is 29.2. The summed E-state index contributed by atoms with van der Waals surface area (Å²) >= 11 is 0. The Labute approximate surface area is 109 Å². The zero-order chi connectivity index (χ0) is 13.4. The summed E-state index contributed by atoms with van der Waals surface area (Å²) in [5.74, 6) is 0. The number of hydrogen-bond acceptors (Lipinski definition) is 3. The fourth-order valence-corrected chi connectivity index (χ4v) is 3.65. The van der Waals surface area contributed by atoms with Crippen LogP contribution in [0.4, 0.5) is 0 Å². The Morgan fingerprint density at radius 2 is 2.06 bits per heavy atom. The smallest absolute Gasteiger partial charge is 0.308 e. The minimum atomic E-state index is -3.03. The first-order chi connectivity index (χ1) is 8.32. The summed E-state index contributed by atoms with van der Waals surface area (Å²) in [7, 11) is -3.03. The molecule has 1 unspecified atom stereocenters. The van der Waals surface area contributed by atoms with Gasteiger partial charge in [-0.2, -0.15) is 0 Å². The van der Waals surface area contributed by atoms with Crippen LogP contribution in [0.5, 0.6) is 0 Å².